The molecule has 0 radical (unpaired) electrons. The Labute approximate surface area is 121 Å². The van der Waals surface area contributed by atoms with Gasteiger partial charge in [-0.3, -0.25) is 4.79 Å². The van der Waals surface area contributed by atoms with Gasteiger partial charge in [0.15, 0.2) is 0 Å². The SMILES string of the molecule is Cn1ccc2c(C(=O)NCCc3nccs3)cccc21. The number of rotatable bonds is 4. The molecule has 0 atom stereocenters. The van der Waals surface area contributed by atoms with E-state index in [-0.39, 0.29) is 5.91 Å². The van der Waals surface area contributed by atoms with Crippen molar-refractivity contribution in [1.29, 1.82) is 0 Å². The summed E-state index contributed by atoms with van der Waals surface area (Å²) in [6, 6.07) is 7.77. The molecule has 20 heavy (non-hydrogen) atoms. The quantitative estimate of drug-likeness (QED) is 0.801. The number of aryl methyl sites for hydroxylation is 1. The Bertz CT molecular complexity index is 731. The monoisotopic (exact) mass is 285 g/mol. The molecule has 3 rings (SSSR count). The highest BCUT2D eigenvalue weighted by atomic mass is 32.1. The molecule has 0 fully saturated rings. The van der Waals surface area contributed by atoms with Crippen LogP contribution in [0.15, 0.2) is 42.0 Å². The standard InChI is InChI=1S/C15H15N3OS/c1-18-9-6-11-12(3-2-4-13(11)18)15(19)17-7-5-14-16-8-10-20-14/h2-4,6,8-10H,5,7H2,1H3,(H,17,19). The predicted octanol–water partition coefficient (Wildman–Crippen LogP) is 2.61. The van der Waals surface area contributed by atoms with Crippen molar-refractivity contribution in [2.75, 3.05) is 6.54 Å². The summed E-state index contributed by atoms with van der Waals surface area (Å²) in [5.41, 5.74) is 1.79. The fourth-order valence-electron chi connectivity index (χ4n) is 2.26. The van der Waals surface area contributed by atoms with Crippen molar-refractivity contribution in [3.63, 3.8) is 0 Å². The molecule has 0 aliphatic carbocycles. The second-order valence-electron chi connectivity index (χ2n) is 4.60. The first-order valence-corrected chi connectivity index (χ1v) is 7.34. The number of hydrogen-bond donors (Lipinski definition) is 1. The Hall–Kier alpha value is -2.14. The molecule has 3 aromatic rings. The Kier molecular flexibility index (Phi) is 3.52. The molecular formula is C15H15N3OS. The number of carbonyl (C=O) groups excluding carboxylic acids is 1. The zero-order valence-corrected chi connectivity index (χ0v) is 12.0. The van der Waals surface area contributed by atoms with E-state index in [0.29, 0.717) is 6.54 Å². The lowest BCUT2D eigenvalue weighted by atomic mass is 10.1. The summed E-state index contributed by atoms with van der Waals surface area (Å²) in [6.07, 6.45) is 4.53. The van der Waals surface area contributed by atoms with Crippen LogP contribution in [-0.4, -0.2) is 22.0 Å². The number of carbonyl (C=O) groups is 1. The van der Waals surface area contributed by atoms with Crippen molar-refractivity contribution >= 4 is 28.1 Å². The van der Waals surface area contributed by atoms with E-state index in [0.717, 1.165) is 27.9 Å². The van der Waals surface area contributed by atoms with Crippen LogP contribution >= 0.6 is 11.3 Å². The van der Waals surface area contributed by atoms with Crippen molar-refractivity contribution in [3.8, 4) is 0 Å². The second-order valence-corrected chi connectivity index (χ2v) is 5.58. The first kappa shape index (κ1) is 12.9. The zero-order chi connectivity index (χ0) is 13.9. The second kappa shape index (κ2) is 5.46. The molecule has 102 valence electrons. The lowest BCUT2D eigenvalue weighted by Gasteiger charge is -2.06. The van der Waals surface area contributed by atoms with Gasteiger partial charge in [-0.05, 0) is 18.2 Å². The molecule has 1 N–H and O–H groups in total. The van der Waals surface area contributed by atoms with E-state index in [4.69, 9.17) is 0 Å². The molecule has 1 amide bonds. The maximum Gasteiger partial charge on any atom is 0.251 e. The summed E-state index contributed by atoms with van der Waals surface area (Å²) in [7, 11) is 1.98. The van der Waals surface area contributed by atoms with Crippen LogP contribution in [0.5, 0.6) is 0 Å². The third-order valence-electron chi connectivity index (χ3n) is 3.28. The van der Waals surface area contributed by atoms with Crippen molar-refractivity contribution in [1.82, 2.24) is 14.9 Å². The molecule has 2 heterocycles. The van der Waals surface area contributed by atoms with Gasteiger partial charge in [-0.25, -0.2) is 4.98 Å². The molecule has 0 spiro atoms. The molecule has 0 saturated carbocycles. The first-order valence-electron chi connectivity index (χ1n) is 6.46. The van der Waals surface area contributed by atoms with E-state index in [1.165, 1.54) is 0 Å². The Morgan fingerprint density at radius 3 is 3.10 bits per heavy atom. The minimum absolute atomic E-state index is 0.0293. The summed E-state index contributed by atoms with van der Waals surface area (Å²) < 4.78 is 2.02. The van der Waals surface area contributed by atoms with Crippen LogP contribution in [0, 0.1) is 0 Å². The topological polar surface area (TPSA) is 46.9 Å². The van der Waals surface area contributed by atoms with Crippen molar-refractivity contribution in [2.24, 2.45) is 7.05 Å². The molecule has 0 aliphatic rings. The van der Waals surface area contributed by atoms with Crippen LogP contribution in [0.3, 0.4) is 0 Å². The van der Waals surface area contributed by atoms with Gasteiger partial charge in [0.2, 0.25) is 0 Å². The minimum atomic E-state index is -0.0293. The van der Waals surface area contributed by atoms with Crippen molar-refractivity contribution in [3.05, 3.63) is 52.6 Å². The van der Waals surface area contributed by atoms with Crippen LogP contribution in [-0.2, 0) is 13.5 Å². The third-order valence-corrected chi connectivity index (χ3v) is 4.12. The van der Waals surface area contributed by atoms with E-state index in [1.807, 2.05) is 47.5 Å². The highest BCUT2D eigenvalue weighted by molar-refractivity contribution is 7.09. The van der Waals surface area contributed by atoms with Crippen LogP contribution in [0.4, 0.5) is 0 Å². The largest absolute Gasteiger partial charge is 0.352 e. The van der Waals surface area contributed by atoms with Gasteiger partial charge < -0.3 is 9.88 Å². The van der Waals surface area contributed by atoms with Gasteiger partial charge in [0.25, 0.3) is 5.91 Å². The van der Waals surface area contributed by atoms with Crippen molar-refractivity contribution in [2.45, 2.75) is 6.42 Å². The molecule has 0 bridgehead atoms. The Morgan fingerprint density at radius 2 is 2.30 bits per heavy atom. The average Bonchev–Trinajstić information content (AvgIpc) is 3.09. The number of hydrogen-bond acceptors (Lipinski definition) is 3. The summed E-state index contributed by atoms with van der Waals surface area (Å²) in [4.78, 5) is 16.5. The van der Waals surface area contributed by atoms with E-state index in [2.05, 4.69) is 10.3 Å². The normalized spacial score (nSPS) is 10.8. The van der Waals surface area contributed by atoms with Gasteiger partial charge in [-0.15, -0.1) is 11.3 Å². The predicted molar refractivity (Wildman–Crippen MR) is 81.1 cm³/mol. The minimum Gasteiger partial charge on any atom is -0.352 e. The van der Waals surface area contributed by atoms with Gasteiger partial charge in [0, 0.05) is 54.3 Å². The summed E-state index contributed by atoms with van der Waals surface area (Å²) in [5, 5.41) is 6.94. The molecule has 5 heteroatoms. The number of benzene rings is 1. The van der Waals surface area contributed by atoms with E-state index in [9.17, 15) is 4.79 Å². The van der Waals surface area contributed by atoms with Gasteiger partial charge >= 0.3 is 0 Å². The van der Waals surface area contributed by atoms with E-state index in [1.54, 1.807) is 17.5 Å². The number of nitrogens with zero attached hydrogens (tertiary/aromatic N) is 2. The number of fused-ring (bicyclic) bond motifs is 1. The third kappa shape index (κ3) is 2.44. The lowest BCUT2D eigenvalue weighted by molar-refractivity contribution is 0.0956. The van der Waals surface area contributed by atoms with Crippen LogP contribution < -0.4 is 5.32 Å². The summed E-state index contributed by atoms with van der Waals surface area (Å²) in [6.45, 7) is 0.607. The number of aromatic nitrogens is 2. The molecule has 0 aliphatic heterocycles. The number of nitrogens with one attached hydrogen (secondary N) is 1. The van der Waals surface area contributed by atoms with Crippen LogP contribution in [0.2, 0.25) is 0 Å². The van der Waals surface area contributed by atoms with Gasteiger partial charge in [-0.2, -0.15) is 0 Å². The summed E-state index contributed by atoms with van der Waals surface area (Å²) >= 11 is 1.61. The fourth-order valence-corrected chi connectivity index (χ4v) is 2.88. The first-order chi connectivity index (χ1) is 9.75. The smallest absolute Gasteiger partial charge is 0.251 e. The molecule has 4 nitrogen and oxygen atoms in total. The van der Waals surface area contributed by atoms with Crippen LogP contribution in [0.1, 0.15) is 15.4 Å². The molecular weight excluding hydrogens is 270 g/mol. The molecule has 0 unspecified atom stereocenters. The van der Waals surface area contributed by atoms with E-state index >= 15 is 0 Å². The van der Waals surface area contributed by atoms with Gasteiger partial charge in [-0.1, -0.05) is 6.07 Å². The Morgan fingerprint density at radius 1 is 1.40 bits per heavy atom. The maximum atomic E-state index is 12.3. The van der Waals surface area contributed by atoms with Crippen LogP contribution in [0.25, 0.3) is 10.9 Å². The molecule has 2 aromatic heterocycles. The maximum absolute atomic E-state index is 12.3. The lowest BCUT2D eigenvalue weighted by Crippen LogP contribution is -2.25. The average molecular weight is 285 g/mol. The number of amides is 1. The van der Waals surface area contributed by atoms with Crippen molar-refractivity contribution < 1.29 is 4.79 Å². The molecule has 0 saturated heterocycles. The highest BCUT2D eigenvalue weighted by Crippen LogP contribution is 2.19. The zero-order valence-electron chi connectivity index (χ0n) is 11.2. The fraction of sp³-hybridized carbons (Fsp3) is 0.200. The van der Waals surface area contributed by atoms with E-state index < -0.39 is 0 Å². The highest BCUT2D eigenvalue weighted by Gasteiger charge is 2.11. The summed E-state index contributed by atoms with van der Waals surface area (Å²) in [5.74, 6) is -0.0293. The van der Waals surface area contributed by atoms with Gasteiger partial charge in [0.05, 0.1) is 5.01 Å². The molecule has 1 aromatic carbocycles. The Balaban J connectivity index is 1.72. The van der Waals surface area contributed by atoms with Gasteiger partial charge in [0.1, 0.15) is 0 Å². The number of thiazole rings is 1.